The van der Waals surface area contributed by atoms with Gasteiger partial charge in [0.15, 0.2) is 22.8 Å². The molecule has 0 bridgehead atoms. The van der Waals surface area contributed by atoms with Gasteiger partial charge >= 0.3 is 23.5 Å². The number of phosphoric ester groups is 3. The zero-order chi connectivity index (χ0) is 58.2. The zero-order valence-electron chi connectivity index (χ0n) is 45.3. The molecule has 31 heteroatoms. The van der Waals surface area contributed by atoms with Gasteiger partial charge in [0.05, 0.1) is 43.8 Å². The molecule has 2 unspecified atom stereocenters. The van der Waals surface area contributed by atoms with E-state index in [0.717, 1.165) is 86.8 Å². The molecule has 27 nitrogen and oxygen atoms in total. The Morgan fingerprint density at radius 1 is 0.911 bits per heavy atom. The summed E-state index contributed by atoms with van der Waals surface area (Å²) in [6.07, 6.45) is 0.531. The Hall–Kier alpha value is -2.56. The first kappa shape index (κ1) is 64.0. The summed E-state index contributed by atoms with van der Waals surface area (Å²) < 4.78 is 62.8. The summed E-state index contributed by atoms with van der Waals surface area (Å²) in [7, 11) is -16.5. The molecule has 7 rings (SSSR count). The highest BCUT2D eigenvalue weighted by atomic mass is 32.2. The van der Waals surface area contributed by atoms with Gasteiger partial charge in [-0.1, -0.05) is 53.3 Å². The fourth-order valence-electron chi connectivity index (χ4n) is 13.6. The Kier molecular flexibility index (Phi) is 20.5. The van der Waals surface area contributed by atoms with Gasteiger partial charge in [-0.05, 0) is 111 Å². The Bertz CT molecular complexity index is 2640. The predicted octanol–water partition coefficient (Wildman–Crippen LogP) is 3.07. The van der Waals surface area contributed by atoms with Crippen LogP contribution in [0.15, 0.2) is 12.7 Å². The number of nitrogens with one attached hydrogen (secondary N) is 2. The molecule has 1 aliphatic heterocycles. The first-order valence-electron chi connectivity index (χ1n) is 26.9. The number of hydrogen-bond donors (Lipinski definition) is 12. The number of carbonyl (C=O) groups excluding carboxylic acids is 3. The number of aromatic nitrogens is 4. The summed E-state index contributed by atoms with van der Waals surface area (Å²) in [5.41, 5.74) is 4.50. The zero-order valence-corrected chi connectivity index (χ0v) is 48.8. The fraction of sp³-hybridized carbons (Fsp3) is 0.833. The number of amides is 2. The van der Waals surface area contributed by atoms with E-state index in [1.165, 1.54) is 13.8 Å². The molecule has 2 aromatic rings. The van der Waals surface area contributed by atoms with E-state index in [0.29, 0.717) is 36.0 Å². The minimum absolute atomic E-state index is 0.0236. The van der Waals surface area contributed by atoms with Crippen molar-refractivity contribution < 1.29 is 95.8 Å². The minimum Gasteiger partial charge on any atom is -0.393 e. The first-order chi connectivity index (χ1) is 36.8. The molecule has 4 saturated carbocycles. The molecule has 0 radical (unpaired) electrons. The van der Waals surface area contributed by atoms with Crippen LogP contribution in [-0.2, 0) is 50.7 Å². The average Bonchev–Trinajstić information content (AvgIpc) is 4.08. The molecule has 13 N–H and O–H groups in total. The quantitative estimate of drug-likeness (QED) is 0.0502. The maximum Gasteiger partial charge on any atom is 0.481 e. The number of rotatable bonds is 25. The van der Waals surface area contributed by atoms with Crippen LogP contribution in [0.1, 0.15) is 118 Å². The predicted molar refractivity (Wildman–Crippen MR) is 283 cm³/mol. The van der Waals surface area contributed by atoms with E-state index in [2.05, 4.69) is 55.2 Å². The van der Waals surface area contributed by atoms with Crippen molar-refractivity contribution in [2.75, 3.05) is 37.8 Å². The lowest BCUT2D eigenvalue weighted by molar-refractivity contribution is -0.174. The number of nitrogens with zero attached hydrogens (tertiary/aromatic N) is 4. The molecular formula is C48H80N7O20P3S. The van der Waals surface area contributed by atoms with E-state index in [1.807, 2.05) is 0 Å². The molecule has 3 heterocycles. The van der Waals surface area contributed by atoms with Gasteiger partial charge < -0.3 is 66.2 Å². The molecule has 79 heavy (non-hydrogen) atoms. The Morgan fingerprint density at radius 3 is 2.30 bits per heavy atom. The molecule has 0 spiro atoms. The molecule has 4 aliphatic carbocycles. The molecule has 5 fully saturated rings. The Morgan fingerprint density at radius 2 is 1.59 bits per heavy atom. The molecule has 19 atom stereocenters. The van der Waals surface area contributed by atoms with Crippen molar-refractivity contribution in [3.05, 3.63) is 12.7 Å². The molecule has 2 amide bonds. The first-order valence-corrected chi connectivity index (χ1v) is 32.4. The van der Waals surface area contributed by atoms with Gasteiger partial charge in [0, 0.05) is 30.7 Å². The van der Waals surface area contributed by atoms with Crippen molar-refractivity contribution >= 4 is 69.1 Å². The van der Waals surface area contributed by atoms with Crippen LogP contribution in [0.5, 0.6) is 0 Å². The van der Waals surface area contributed by atoms with Crippen LogP contribution in [0.2, 0.25) is 0 Å². The lowest BCUT2D eigenvalue weighted by atomic mass is 9.43. The van der Waals surface area contributed by atoms with Crippen molar-refractivity contribution in [1.82, 2.24) is 30.2 Å². The van der Waals surface area contributed by atoms with E-state index in [1.54, 1.807) is 6.92 Å². The second kappa shape index (κ2) is 25.3. The number of anilines is 1. The molecule has 448 valence electrons. The standard InChI is InChI=1S/C48H80N7O20P3S/c1-25(29-8-9-30-36-31(12-15-48(29,30)6)47(5)14-11-28(56)19-27(47)20-33(36)58)7-10-32(57)26(2)45(63)79-18-17-50-35(59)13-16-51-43(62)40(61)46(3,4)22-72-78(69,70)75-77(67,68)71-21-34-39(74-76(64,65)66)38(60)44(73-34)55-24-54-37-41(49)52-23-53-42(37)55/h23-34,36,38-40,44,56-58,60-61H,7-22H2,1-6H3,(H,50,59)(H,51,62)(H,67,68)(H,69,70)(H2,49,52,53)(H2,64,65,66)/t25-,26+,27+,28-,29-,30+,31+,32-,33-,34-,36+,38-,39-,40+,44-,47+,48-/m1/s1. The highest BCUT2D eigenvalue weighted by molar-refractivity contribution is 8.13. The van der Waals surface area contributed by atoms with E-state index >= 15 is 0 Å². The van der Waals surface area contributed by atoms with Crippen LogP contribution in [0.3, 0.4) is 0 Å². The number of aliphatic hydroxyl groups is 5. The lowest BCUT2D eigenvalue weighted by Gasteiger charge is -2.62. The molecule has 2 aromatic heterocycles. The summed E-state index contributed by atoms with van der Waals surface area (Å²) in [5, 5.41) is 59.7. The van der Waals surface area contributed by atoms with Crippen molar-refractivity contribution in [3.63, 3.8) is 0 Å². The van der Waals surface area contributed by atoms with Crippen molar-refractivity contribution in [1.29, 1.82) is 0 Å². The number of hydrogen-bond acceptors (Lipinski definition) is 21. The molecule has 0 aromatic carbocycles. The van der Waals surface area contributed by atoms with Gasteiger partial charge in [-0.3, -0.25) is 32.5 Å². The third kappa shape index (κ3) is 14.9. The molecule has 1 saturated heterocycles. The van der Waals surface area contributed by atoms with Gasteiger partial charge in [0.1, 0.15) is 36.3 Å². The molecular weight excluding hydrogens is 1120 g/mol. The van der Waals surface area contributed by atoms with Crippen molar-refractivity contribution in [2.24, 2.45) is 57.7 Å². The monoisotopic (exact) mass is 1200 g/mol. The Labute approximate surface area is 462 Å². The largest absolute Gasteiger partial charge is 0.481 e. The smallest absolute Gasteiger partial charge is 0.393 e. The van der Waals surface area contributed by atoms with E-state index < -0.39 is 96.6 Å². The normalized spacial score (nSPS) is 34.0. The third-order valence-electron chi connectivity index (χ3n) is 18.0. The number of nitrogen functional groups attached to an aromatic ring is 1. The van der Waals surface area contributed by atoms with Crippen LogP contribution in [0.25, 0.3) is 11.2 Å². The number of imidazole rings is 1. The highest BCUT2D eigenvalue weighted by Gasteiger charge is 2.63. The number of carbonyl (C=O) groups is 3. The van der Waals surface area contributed by atoms with Gasteiger partial charge in [-0.2, -0.15) is 4.31 Å². The number of aliphatic hydroxyl groups excluding tert-OH is 5. The number of phosphoric acid groups is 3. The summed E-state index contributed by atoms with van der Waals surface area (Å²) >= 11 is 1.00. The number of nitrogens with two attached hydrogens (primary N) is 1. The van der Waals surface area contributed by atoms with Crippen LogP contribution < -0.4 is 16.4 Å². The highest BCUT2D eigenvalue weighted by Crippen LogP contribution is 2.69. The maximum absolute atomic E-state index is 13.1. The van der Waals surface area contributed by atoms with Crippen molar-refractivity contribution in [2.45, 2.75) is 161 Å². The van der Waals surface area contributed by atoms with Gasteiger partial charge in [-0.15, -0.1) is 0 Å². The van der Waals surface area contributed by atoms with E-state index in [4.69, 9.17) is 19.5 Å². The summed E-state index contributed by atoms with van der Waals surface area (Å²) in [6.45, 7) is 9.12. The summed E-state index contributed by atoms with van der Waals surface area (Å²) in [6, 6.07) is 0. The fourth-order valence-corrected chi connectivity index (χ4v) is 17.3. The second-order valence-corrected chi connectivity index (χ2v) is 28.9. The number of thioether (sulfide) groups is 1. The van der Waals surface area contributed by atoms with Gasteiger partial charge in [0.2, 0.25) is 11.8 Å². The lowest BCUT2D eigenvalue weighted by Crippen LogP contribution is -2.58. The van der Waals surface area contributed by atoms with Gasteiger partial charge in [-0.25, -0.2) is 28.6 Å². The van der Waals surface area contributed by atoms with Crippen LogP contribution in [-0.4, -0.2) is 156 Å². The van der Waals surface area contributed by atoms with Crippen molar-refractivity contribution in [3.8, 4) is 0 Å². The average molecular weight is 1200 g/mol. The topological polar surface area (TPSA) is 424 Å². The second-order valence-electron chi connectivity index (χ2n) is 23.6. The third-order valence-corrected chi connectivity index (χ3v) is 22.2. The van der Waals surface area contributed by atoms with E-state index in [9.17, 15) is 73.2 Å². The minimum atomic E-state index is -5.61. The van der Waals surface area contributed by atoms with Crippen LogP contribution >= 0.6 is 35.2 Å². The SMILES string of the molecule is C[C@H](CC[C@@H](O)[C@H](C)C(=O)SCCNC(=O)CCNC(=O)[C@H](O)C(C)(C)COP(=O)(O)OP(=O)(O)OC[C@H]1O[C@@H](n2cnc3c(N)ncnc32)[C@H](O)[C@@H]1OP(=O)(O)O)[C@H]1CC[C@H]2[C@@H]3[C@H](O)C[C@@H]4C[C@H](O)CC[C@]4(C)[C@H]3CC[C@]12C. The summed E-state index contributed by atoms with van der Waals surface area (Å²) in [4.78, 5) is 89.9. The van der Waals surface area contributed by atoms with Crippen LogP contribution in [0.4, 0.5) is 5.82 Å². The van der Waals surface area contributed by atoms with Gasteiger partial charge in [0.25, 0.3) is 0 Å². The number of fused-ring (bicyclic) bond motifs is 6. The molecule has 5 aliphatic rings. The summed E-state index contributed by atoms with van der Waals surface area (Å²) in [5.74, 6) is 0.407. The number of ether oxygens (including phenoxy) is 1. The van der Waals surface area contributed by atoms with E-state index in [-0.39, 0.29) is 76.3 Å². The van der Waals surface area contributed by atoms with Crippen LogP contribution in [0, 0.1) is 57.7 Å². The Balaban J connectivity index is 0.774. The maximum atomic E-state index is 13.1.